The first-order chi connectivity index (χ1) is 5.46. The molecule has 1 heterocycles. The van der Waals surface area contributed by atoms with Crippen LogP contribution in [0.5, 0.6) is 0 Å². The number of β-amino-alcohol motifs (C(OH)–C–C–N with tert-alkyl or cyclic N) is 1. The van der Waals surface area contributed by atoms with Gasteiger partial charge >= 0.3 is 6.18 Å². The molecule has 1 rings (SSSR count). The summed E-state index contributed by atoms with van der Waals surface area (Å²) < 4.78 is 36.5. The topological polar surface area (TPSA) is 44.3 Å². The van der Waals surface area contributed by atoms with Crippen LogP contribution in [0.3, 0.4) is 0 Å². The Morgan fingerprint density at radius 1 is 1.00 bits per heavy atom. The van der Waals surface area contributed by atoms with E-state index in [1.54, 1.807) is 0 Å². The van der Waals surface area contributed by atoms with Gasteiger partial charge in [-0.05, 0) is 0 Å². The average molecular weight is 257 g/mol. The number of halogens is 5. The van der Waals surface area contributed by atoms with Crippen LogP contribution >= 0.6 is 24.8 Å². The third-order valence-electron chi connectivity index (χ3n) is 1.84. The van der Waals surface area contributed by atoms with Crippen LogP contribution in [-0.4, -0.2) is 43.1 Å². The van der Waals surface area contributed by atoms with Gasteiger partial charge in [-0.15, -0.1) is 24.8 Å². The summed E-state index contributed by atoms with van der Waals surface area (Å²) >= 11 is 0. The van der Waals surface area contributed by atoms with Crippen LogP contribution in [-0.2, 0) is 0 Å². The van der Waals surface area contributed by atoms with Crippen molar-refractivity contribution in [2.75, 3.05) is 26.2 Å². The Balaban J connectivity index is 0. The molecule has 1 saturated heterocycles. The first-order valence-corrected chi connectivity index (χ1v) is 3.66. The van der Waals surface area contributed by atoms with E-state index >= 15 is 0 Å². The van der Waals surface area contributed by atoms with E-state index in [0.29, 0.717) is 13.1 Å². The van der Waals surface area contributed by atoms with E-state index in [2.05, 4.69) is 10.6 Å². The van der Waals surface area contributed by atoms with Crippen LogP contribution in [0.1, 0.15) is 0 Å². The molecule has 0 radical (unpaired) electrons. The SMILES string of the molecule is Cl.Cl.OC1(C(F)(F)F)CNCCNC1. The lowest BCUT2D eigenvalue weighted by Crippen LogP contribution is -2.56. The van der Waals surface area contributed by atoms with Crippen LogP contribution in [0.25, 0.3) is 0 Å². The van der Waals surface area contributed by atoms with Gasteiger partial charge in [0, 0.05) is 26.2 Å². The molecule has 14 heavy (non-hydrogen) atoms. The number of hydrogen-bond donors (Lipinski definition) is 3. The molecular formula is C6H13Cl2F3N2O. The molecule has 1 aliphatic heterocycles. The number of aliphatic hydroxyl groups is 1. The molecule has 0 aromatic rings. The number of alkyl halides is 3. The standard InChI is InChI=1S/C6H11F3N2O.2ClH/c7-6(8,9)5(12)3-10-1-2-11-4-5;;/h10-12H,1-4H2;2*1H. The van der Waals surface area contributed by atoms with Crippen LogP contribution in [0.15, 0.2) is 0 Å². The summed E-state index contributed by atoms with van der Waals surface area (Å²) in [6, 6.07) is 0. The van der Waals surface area contributed by atoms with Crippen molar-refractivity contribution < 1.29 is 18.3 Å². The molecular weight excluding hydrogens is 244 g/mol. The number of rotatable bonds is 0. The largest absolute Gasteiger partial charge is 0.419 e. The Labute approximate surface area is 92.3 Å². The fourth-order valence-corrected chi connectivity index (χ4v) is 1.03. The molecule has 88 valence electrons. The summed E-state index contributed by atoms with van der Waals surface area (Å²) in [5.41, 5.74) is -2.62. The van der Waals surface area contributed by atoms with Crippen molar-refractivity contribution in [3.05, 3.63) is 0 Å². The first kappa shape index (κ1) is 16.7. The minimum Gasteiger partial charge on any atom is -0.378 e. The second kappa shape index (κ2) is 5.97. The highest BCUT2D eigenvalue weighted by molar-refractivity contribution is 5.85. The number of hydrogen-bond acceptors (Lipinski definition) is 3. The Hall–Kier alpha value is 0.250. The molecule has 1 aliphatic rings. The van der Waals surface area contributed by atoms with Crippen LogP contribution < -0.4 is 10.6 Å². The Bertz CT molecular complexity index is 160. The van der Waals surface area contributed by atoms with Gasteiger partial charge in [-0.1, -0.05) is 0 Å². The van der Waals surface area contributed by atoms with E-state index < -0.39 is 24.9 Å². The summed E-state index contributed by atoms with van der Waals surface area (Å²) in [5, 5.41) is 14.2. The highest BCUT2D eigenvalue weighted by Crippen LogP contribution is 2.29. The highest BCUT2D eigenvalue weighted by Gasteiger charge is 2.53. The normalized spacial score (nSPS) is 21.4. The van der Waals surface area contributed by atoms with E-state index in [1.165, 1.54) is 0 Å². The predicted octanol–water partition coefficient (Wildman–Crippen LogP) is 0.316. The summed E-state index contributed by atoms with van der Waals surface area (Å²) in [5.74, 6) is 0. The van der Waals surface area contributed by atoms with Crippen molar-refractivity contribution in [3.63, 3.8) is 0 Å². The van der Waals surface area contributed by atoms with Gasteiger partial charge in [0.25, 0.3) is 0 Å². The maximum Gasteiger partial charge on any atom is 0.419 e. The first-order valence-electron chi connectivity index (χ1n) is 3.66. The van der Waals surface area contributed by atoms with Gasteiger partial charge in [0.2, 0.25) is 0 Å². The summed E-state index contributed by atoms with van der Waals surface area (Å²) in [4.78, 5) is 0. The average Bonchev–Trinajstić information content (AvgIpc) is 2.12. The van der Waals surface area contributed by atoms with E-state index in [9.17, 15) is 13.2 Å². The van der Waals surface area contributed by atoms with Crippen LogP contribution in [0, 0.1) is 0 Å². The maximum atomic E-state index is 12.2. The second-order valence-electron chi connectivity index (χ2n) is 2.88. The minimum atomic E-state index is -4.57. The predicted molar refractivity (Wildman–Crippen MR) is 51.2 cm³/mol. The van der Waals surface area contributed by atoms with Crippen molar-refractivity contribution in [2.24, 2.45) is 0 Å². The molecule has 0 unspecified atom stereocenters. The third kappa shape index (κ3) is 3.78. The monoisotopic (exact) mass is 256 g/mol. The van der Waals surface area contributed by atoms with Crippen molar-refractivity contribution in [1.82, 2.24) is 10.6 Å². The summed E-state index contributed by atoms with van der Waals surface area (Å²) in [6.07, 6.45) is -4.57. The maximum absolute atomic E-state index is 12.2. The summed E-state index contributed by atoms with van der Waals surface area (Å²) in [6.45, 7) is 0.00375. The minimum absolute atomic E-state index is 0. The van der Waals surface area contributed by atoms with Gasteiger partial charge in [0.05, 0.1) is 0 Å². The molecule has 1 fully saturated rings. The lowest BCUT2D eigenvalue weighted by Gasteiger charge is -2.28. The molecule has 0 saturated carbocycles. The number of nitrogens with one attached hydrogen (secondary N) is 2. The Kier molecular flexibility index (Phi) is 7.11. The molecule has 8 heteroatoms. The Morgan fingerprint density at radius 2 is 1.36 bits per heavy atom. The zero-order valence-corrected chi connectivity index (χ0v) is 8.86. The quantitative estimate of drug-likeness (QED) is 0.585. The zero-order valence-electron chi connectivity index (χ0n) is 7.23. The molecule has 0 atom stereocenters. The lowest BCUT2D eigenvalue weighted by atomic mass is 10.0. The van der Waals surface area contributed by atoms with E-state index in [4.69, 9.17) is 5.11 Å². The smallest absolute Gasteiger partial charge is 0.378 e. The van der Waals surface area contributed by atoms with Crippen LogP contribution in [0.2, 0.25) is 0 Å². The molecule has 3 N–H and O–H groups in total. The summed E-state index contributed by atoms with van der Waals surface area (Å²) in [7, 11) is 0. The molecule has 0 aromatic carbocycles. The van der Waals surface area contributed by atoms with Gasteiger partial charge in [-0.25, -0.2) is 0 Å². The van der Waals surface area contributed by atoms with Gasteiger partial charge in [0.15, 0.2) is 5.60 Å². The fraction of sp³-hybridized carbons (Fsp3) is 1.00. The molecule has 0 spiro atoms. The zero-order chi connectivity index (χ0) is 9.24. The Morgan fingerprint density at radius 3 is 1.64 bits per heavy atom. The van der Waals surface area contributed by atoms with Crippen molar-refractivity contribution in [2.45, 2.75) is 11.8 Å². The second-order valence-corrected chi connectivity index (χ2v) is 2.88. The van der Waals surface area contributed by atoms with Crippen LogP contribution in [0.4, 0.5) is 13.2 Å². The lowest BCUT2D eigenvalue weighted by molar-refractivity contribution is -0.254. The molecule has 0 aliphatic carbocycles. The highest BCUT2D eigenvalue weighted by atomic mass is 35.5. The molecule has 3 nitrogen and oxygen atoms in total. The van der Waals surface area contributed by atoms with E-state index in [0.717, 1.165) is 0 Å². The van der Waals surface area contributed by atoms with Crippen molar-refractivity contribution in [3.8, 4) is 0 Å². The van der Waals surface area contributed by atoms with E-state index in [1.807, 2.05) is 0 Å². The van der Waals surface area contributed by atoms with E-state index in [-0.39, 0.29) is 24.8 Å². The third-order valence-corrected chi connectivity index (χ3v) is 1.84. The van der Waals surface area contributed by atoms with Gasteiger partial charge < -0.3 is 15.7 Å². The molecule has 0 bridgehead atoms. The van der Waals surface area contributed by atoms with Crippen molar-refractivity contribution >= 4 is 24.8 Å². The molecule has 0 amide bonds. The fourth-order valence-electron chi connectivity index (χ4n) is 1.03. The van der Waals surface area contributed by atoms with Gasteiger partial charge in [-0.2, -0.15) is 13.2 Å². The van der Waals surface area contributed by atoms with Crippen molar-refractivity contribution in [1.29, 1.82) is 0 Å². The molecule has 0 aromatic heterocycles. The van der Waals surface area contributed by atoms with Gasteiger partial charge in [0.1, 0.15) is 0 Å². The van der Waals surface area contributed by atoms with Gasteiger partial charge in [-0.3, -0.25) is 0 Å².